The summed E-state index contributed by atoms with van der Waals surface area (Å²) in [6.45, 7) is 3.02. The summed E-state index contributed by atoms with van der Waals surface area (Å²) >= 11 is 12.9. The fourth-order valence-electron chi connectivity index (χ4n) is 2.53. The van der Waals surface area contributed by atoms with E-state index in [0.717, 1.165) is 16.7 Å². The molecule has 7 nitrogen and oxygen atoms in total. The van der Waals surface area contributed by atoms with E-state index in [-0.39, 0.29) is 34.7 Å². The molecule has 27 heavy (non-hydrogen) atoms. The summed E-state index contributed by atoms with van der Waals surface area (Å²) in [7, 11) is 1.59. The van der Waals surface area contributed by atoms with Gasteiger partial charge >= 0.3 is 0 Å². The number of thioether (sulfide) groups is 1. The summed E-state index contributed by atoms with van der Waals surface area (Å²) < 4.78 is 6.12. The zero-order valence-electron chi connectivity index (χ0n) is 14.7. The fraction of sp³-hybridized carbons (Fsp3) is 0.294. The highest BCUT2D eigenvalue weighted by Crippen LogP contribution is 2.36. The van der Waals surface area contributed by atoms with E-state index in [1.54, 1.807) is 27.0 Å². The molecule has 10 heteroatoms. The predicted molar refractivity (Wildman–Crippen MR) is 103 cm³/mol. The summed E-state index contributed by atoms with van der Waals surface area (Å²) in [6, 6.07) is 4.53. The molecular formula is C17H15Cl2N3O4S. The lowest BCUT2D eigenvalue weighted by Gasteiger charge is -2.17. The maximum atomic E-state index is 12.8. The van der Waals surface area contributed by atoms with E-state index in [2.05, 4.69) is 5.10 Å². The van der Waals surface area contributed by atoms with Crippen LogP contribution in [0.25, 0.3) is 0 Å². The number of aromatic nitrogens is 2. The number of halogens is 2. The van der Waals surface area contributed by atoms with Gasteiger partial charge in [0.1, 0.15) is 5.56 Å². The molecule has 1 fully saturated rings. The molecule has 0 spiro atoms. The quantitative estimate of drug-likeness (QED) is 0.675. The van der Waals surface area contributed by atoms with Crippen LogP contribution in [-0.2, 0) is 11.8 Å². The van der Waals surface area contributed by atoms with Crippen molar-refractivity contribution >= 4 is 51.9 Å². The van der Waals surface area contributed by atoms with Gasteiger partial charge in [0, 0.05) is 17.6 Å². The van der Waals surface area contributed by atoms with Crippen LogP contribution in [0.2, 0.25) is 10.0 Å². The highest BCUT2D eigenvalue weighted by Gasteiger charge is 2.46. The van der Waals surface area contributed by atoms with Crippen LogP contribution in [0.1, 0.15) is 29.8 Å². The molecule has 1 saturated heterocycles. The van der Waals surface area contributed by atoms with Crippen molar-refractivity contribution in [3.05, 3.63) is 45.6 Å². The number of nitrogens with zero attached hydrogens (tertiary/aromatic N) is 3. The Bertz CT molecular complexity index is 958. The standard InChI is InChI=1S/C17H15Cl2N3O4S/c1-17(2)15(24)22(16(25)27-17)8-26-14-11(7-20-21(14)3)13(23)10-5-4-9(18)6-12(10)19/h4-7H,8H2,1-3H3. The Morgan fingerprint density at radius 3 is 2.56 bits per heavy atom. The molecule has 1 aliphatic rings. The molecular weight excluding hydrogens is 413 g/mol. The van der Waals surface area contributed by atoms with E-state index >= 15 is 0 Å². The number of hydrogen-bond acceptors (Lipinski definition) is 6. The Hall–Kier alpha value is -2.03. The number of ether oxygens (including phenoxy) is 1. The van der Waals surface area contributed by atoms with Crippen molar-refractivity contribution in [2.45, 2.75) is 18.6 Å². The lowest BCUT2D eigenvalue weighted by molar-refractivity contribution is -0.130. The summed E-state index contributed by atoms with van der Waals surface area (Å²) in [5.74, 6) is -0.636. The molecule has 0 aliphatic carbocycles. The summed E-state index contributed by atoms with van der Waals surface area (Å²) in [5, 5.41) is 4.24. The number of benzene rings is 1. The predicted octanol–water partition coefficient (Wildman–Crippen LogP) is 3.77. The second kappa shape index (κ2) is 7.18. The molecule has 0 unspecified atom stereocenters. The van der Waals surface area contributed by atoms with Gasteiger partial charge in [-0.15, -0.1) is 0 Å². The zero-order chi connectivity index (χ0) is 19.9. The summed E-state index contributed by atoms with van der Waals surface area (Å²) in [4.78, 5) is 38.1. The van der Waals surface area contributed by atoms with Gasteiger partial charge < -0.3 is 4.74 Å². The molecule has 3 rings (SSSR count). The second-order valence-electron chi connectivity index (χ2n) is 6.33. The van der Waals surface area contributed by atoms with Crippen LogP contribution >= 0.6 is 35.0 Å². The average molecular weight is 428 g/mol. The van der Waals surface area contributed by atoms with Crippen molar-refractivity contribution in [3.8, 4) is 5.88 Å². The number of ketones is 1. The van der Waals surface area contributed by atoms with E-state index in [9.17, 15) is 14.4 Å². The van der Waals surface area contributed by atoms with Crippen molar-refractivity contribution in [3.63, 3.8) is 0 Å². The number of carbonyl (C=O) groups is 3. The number of rotatable bonds is 5. The Kier molecular flexibility index (Phi) is 5.24. The smallest absolute Gasteiger partial charge is 0.292 e. The van der Waals surface area contributed by atoms with Crippen LogP contribution < -0.4 is 4.74 Å². The summed E-state index contributed by atoms with van der Waals surface area (Å²) in [6.07, 6.45) is 1.34. The Morgan fingerprint density at radius 1 is 1.26 bits per heavy atom. The van der Waals surface area contributed by atoms with Crippen molar-refractivity contribution in [1.82, 2.24) is 14.7 Å². The van der Waals surface area contributed by atoms with Crippen LogP contribution in [0.4, 0.5) is 4.79 Å². The van der Waals surface area contributed by atoms with Crippen molar-refractivity contribution in [2.24, 2.45) is 7.05 Å². The molecule has 142 valence electrons. The van der Waals surface area contributed by atoms with Gasteiger partial charge in [0.2, 0.25) is 17.6 Å². The van der Waals surface area contributed by atoms with E-state index < -0.39 is 15.8 Å². The maximum Gasteiger partial charge on any atom is 0.292 e. The molecule has 2 amide bonds. The molecule has 1 aromatic carbocycles. The van der Waals surface area contributed by atoms with E-state index in [0.29, 0.717) is 5.02 Å². The molecule has 1 aliphatic heterocycles. The number of carbonyl (C=O) groups excluding carboxylic acids is 3. The second-order valence-corrected chi connectivity index (χ2v) is 8.74. The Balaban J connectivity index is 1.84. The third-order valence-corrected chi connectivity index (χ3v) is 5.59. The van der Waals surface area contributed by atoms with Gasteiger partial charge in [-0.3, -0.25) is 14.4 Å². The molecule has 0 radical (unpaired) electrons. The first kappa shape index (κ1) is 19.7. The maximum absolute atomic E-state index is 12.8. The van der Waals surface area contributed by atoms with Gasteiger partial charge in [0.05, 0.1) is 16.0 Å². The lowest BCUT2D eigenvalue weighted by atomic mass is 10.1. The average Bonchev–Trinajstić information content (AvgIpc) is 3.03. The van der Waals surface area contributed by atoms with Gasteiger partial charge in [-0.1, -0.05) is 23.2 Å². The highest BCUT2D eigenvalue weighted by molar-refractivity contribution is 8.16. The number of hydrogen-bond donors (Lipinski definition) is 0. The first-order valence-electron chi connectivity index (χ1n) is 7.81. The first-order chi connectivity index (χ1) is 12.6. The third kappa shape index (κ3) is 3.69. The minimum absolute atomic E-state index is 0.126. The van der Waals surface area contributed by atoms with Crippen LogP contribution in [-0.4, -0.2) is 43.1 Å². The Morgan fingerprint density at radius 2 is 1.96 bits per heavy atom. The molecule has 2 heterocycles. The first-order valence-corrected chi connectivity index (χ1v) is 9.38. The van der Waals surface area contributed by atoms with Crippen LogP contribution in [0.15, 0.2) is 24.4 Å². The monoisotopic (exact) mass is 427 g/mol. The molecule has 0 atom stereocenters. The highest BCUT2D eigenvalue weighted by atomic mass is 35.5. The van der Waals surface area contributed by atoms with Crippen molar-refractivity contribution in [2.75, 3.05) is 6.73 Å². The third-order valence-electron chi connectivity index (χ3n) is 3.96. The molecule has 0 N–H and O–H groups in total. The van der Waals surface area contributed by atoms with Gasteiger partial charge in [0.15, 0.2) is 6.73 Å². The molecule has 0 bridgehead atoms. The van der Waals surface area contributed by atoms with Crippen molar-refractivity contribution in [1.29, 1.82) is 0 Å². The van der Waals surface area contributed by atoms with Gasteiger partial charge in [0.25, 0.3) is 5.24 Å². The largest absolute Gasteiger partial charge is 0.455 e. The number of imide groups is 1. The molecule has 1 aromatic heterocycles. The van der Waals surface area contributed by atoms with Gasteiger partial charge in [-0.25, -0.2) is 9.58 Å². The van der Waals surface area contributed by atoms with Crippen molar-refractivity contribution < 1.29 is 19.1 Å². The topological polar surface area (TPSA) is 81.5 Å². The van der Waals surface area contributed by atoms with Gasteiger partial charge in [-0.05, 0) is 43.8 Å². The Labute approximate surface area is 169 Å². The number of aryl methyl sites for hydroxylation is 1. The van der Waals surface area contributed by atoms with E-state index in [1.807, 2.05) is 0 Å². The normalized spacial score (nSPS) is 16.1. The van der Waals surface area contributed by atoms with E-state index in [1.165, 1.54) is 23.0 Å². The summed E-state index contributed by atoms with van der Waals surface area (Å²) in [5.41, 5.74) is 0.400. The van der Waals surface area contributed by atoms with Crippen LogP contribution in [0, 0.1) is 0 Å². The fourth-order valence-corrected chi connectivity index (χ4v) is 3.91. The SMILES string of the molecule is Cn1ncc(C(=O)c2ccc(Cl)cc2Cl)c1OCN1C(=O)SC(C)(C)C1=O. The zero-order valence-corrected chi connectivity index (χ0v) is 17.0. The number of amides is 2. The minimum Gasteiger partial charge on any atom is -0.455 e. The minimum atomic E-state index is -0.845. The van der Waals surface area contributed by atoms with Gasteiger partial charge in [-0.2, -0.15) is 5.10 Å². The molecule has 2 aromatic rings. The van der Waals surface area contributed by atoms with E-state index in [4.69, 9.17) is 27.9 Å². The van der Waals surface area contributed by atoms with Crippen LogP contribution in [0.3, 0.4) is 0 Å². The lowest BCUT2D eigenvalue weighted by Crippen LogP contribution is -2.38. The van der Waals surface area contributed by atoms with Crippen LogP contribution in [0.5, 0.6) is 5.88 Å². The molecule has 0 saturated carbocycles.